The molecule has 3 rings (SSSR count). The van der Waals surface area contributed by atoms with Gasteiger partial charge in [-0.25, -0.2) is 0 Å². The molecule has 1 unspecified atom stereocenters. The van der Waals surface area contributed by atoms with Crippen molar-refractivity contribution in [2.24, 2.45) is 0 Å². The van der Waals surface area contributed by atoms with E-state index in [-0.39, 0.29) is 34.0 Å². The van der Waals surface area contributed by atoms with Crippen molar-refractivity contribution in [2.75, 3.05) is 5.32 Å². The second-order valence-electron chi connectivity index (χ2n) is 7.48. The molecular formula is C22H24ClN3O5. The molecule has 1 aliphatic rings. The lowest BCUT2D eigenvalue weighted by molar-refractivity contribution is -0.386. The molecule has 2 aromatic carbocycles. The van der Waals surface area contributed by atoms with Crippen molar-refractivity contribution in [3.8, 4) is 5.75 Å². The van der Waals surface area contributed by atoms with Crippen LogP contribution in [0.3, 0.4) is 0 Å². The van der Waals surface area contributed by atoms with E-state index in [0.717, 1.165) is 25.7 Å². The highest BCUT2D eigenvalue weighted by Gasteiger charge is 2.22. The maximum atomic E-state index is 12.7. The lowest BCUT2D eigenvalue weighted by Crippen LogP contribution is -2.36. The van der Waals surface area contributed by atoms with Gasteiger partial charge in [0, 0.05) is 17.8 Å². The quantitative estimate of drug-likeness (QED) is 0.473. The molecule has 1 saturated carbocycles. The minimum Gasteiger partial charge on any atom is -0.474 e. The molecule has 1 aliphatic carbocycles. The van der Waals surface area contributed by atoms with Crippen LogP contribution in [0.1, 0.15) is 49.4 Å². The van der Waals surface area contributed by atoms with Gasteiger partial charge in [-0.1, -0.05) is 43.0 Å². The normalized spacial score (nSPS) is 15.0. The Morgan fingerprint density at radius 3 is 2.58 bits per heavy atom. The third kappa shape index (κ3) is 5.95. The first kappa shape index (κ1) is 22.6. The van der Waals surface area contributed by atoms with E-state index in [4.69, 9.17) is 16.3 Å². The van der Waals surface area contributed by atoms with Crippen molar-refractivity contribution in [3.05, 3.63) is 63.2 Å². The summed E-state index contributed by atoms with van der Waals surface area (Å²) in [6.07, 6.45) is 4.25. The van der Waals surface area contributed by atoms with Gasteiger partial charge in [-0.15, -0.1) is 0 Å². The topological polar surface area (TPSA) is 111 Å². The number of rotatable bonds is 7. The third-order valence-corrected chi connectivity index (χ3v) is 5.48. The summed E-state index contributed by atoms with van der Waals surface area (Å²) >= 11 is 6.20. The number of hydrogen-bond acceptors (Lipinski definition) is 5. The number of ether oxygens (including phenoxy) is 1. The summed E-state index contributed by atoms with van der Waals surface area (Å²) in [6, 6.07) is 10.6. The number of nitro benzene ring substituents is 1. The van der Waals surface area contributed by atoms with Crippen molar-refractivity contribution in [1.82, 2.24) is 5.32 Å². The zero-order valence-corrected chi connectivity index (χ0v) is 17.9. The van der Waals surface area contributed by atoms with Gasteiger partial charge in [0.15, 0.2) is 11.9 Å². The number of nitrogens with one attached hydrogen (secondary N) is 2. The van der Waals surface area contributed by atoms with Crippen molar-refractivity contribution in [3.63, 3.8) is 0 Å². The number of halogens is 1. The van der Waals surface area contributed by atoms with E-state index in [9.17, 15) is 19.7 Å². The highest BCUT2D eigenvalue weighted by atomic mass is 35.5. The minimum absolute atomic E-state index is 0.00111. The average Bonchev–Trinajstić information content (AvgIpc) is 2.75. The summed E-state index contributed by atoms with van der Waals surface area (Å²) in [5.74, 6) is -0.796. The van der Waals surface area contributed by atoms with Gasteiger partial charge < -0.3 is 15.4 Å². The Hall–Kier alpha value is -3.13. The molecule has 0 radical (unpaired) electrons. The molecule has 2 amide bonds. The number of anilines is 1. The molecule has 31 heavy (non-hydrogen) atoms. The average molecular weight is 446 g/mol. The van der Waals surface area contributed by atoms with E-state index in [0.29, 0.717) is 5.69 Å². The summed E-state index contributed by atoms with van der Waals surface area (Å²) < 4.78 is 5.48. The maximum Gasteiger partial charge on any atom is 0.310 e. The smallest absolute Gasteiger partial charge is 0.310 e. The Morgan fingerprint density at radius 1 is 1.16 bits per heavy atom. The van der Waals surface area contributed by atoms with Crippen LogP contribution in [0.4, 0.5) is 11.4 Å². The summed E-state index contributed by atoms with van der Waals surface area (Å²) in [5.41, 5.74) is 0.425. The van der Waals surface area contributed by atoms with Gasteiger partial charge in [0.05, 0.1) is 15.5 Å². The molecule has 0 spiro atoms. The van der Waals surface area contributed by atoms with E-state index < -0.39 is 16.9 Å². The second kappa shape index (κ2) is 10.3. The molecule has 1 atom stereocenters. The number of para-hydroxylation sites is 2. The number of amides is 2. The summed E-state index contributed by atoms with van der Waals surface area (Å²) in [5, 5.41) is 17.1. The van der Waals surface area contributed by atoms with Crippen molar-refractivity contribution >= 4 is 34.8 Å². The predicted octanol–water partition coefficient (Wildman–Crippen LogP) is 4.72. The van der Waals surface area contributed by atoms with Crippen LogP contribution in [-0.4, -0.2) is 28.9 Å². The lowest BCUT2D eigenvalue weighted by atomic mass is 9.95. The maximum absolute atomic E-state index is 12.7. The van der Waals surface area contributed by atoms with Gasteiger partial charge in [-0.3, -0.25) is 19.7 Å². The fourth-order valence-electron chi connectivity index (χ4n) is 3.48. The molecule has 1 fully saturated rings. The lowest BCUT2D eigenvalue weighted by Gasteiger charge is -2.23. The van der Waals surface area contributed by atoms with E-state index in [2.05, 4.69) is 10.6 Å². The predicted molar refractivity (Wildman–Crippen MR) is 118 cm³/mol. The molecule has 0 saturated heterocycles. The highest BCUT2D eigenvalue weighted by Crippen LogP contribution is 2.27. The molecule has 2 N–H and O–H groups in total. The number of benzene rings is 2. The molecule has 0 bridgehead atoms. The van der Waals surface area contributed by atoms with Crippen LogP contribution in [0.5, 0.6) is 5.75 Å². The SMILES string of the molecule is CC(Oc1ccccc1[N+](=O)[O-])C(=O)Nc1ccc(Cl)c(C(=O)NC2CCCCC2)c1. The molecule has 0 aromatic heterocycles. The van der Waals surface area contributed by atoms with Crippen LogP contribution in [0, 0.1) is 10.1 Å². The van der Waals surface area contributed by atoms with Crippen LogP contribution in [0.15, 0.2) is 42.5 Å². The summed E-state index contributed by atoms with van der Waals surface area (Å²) in [4.78, 5) is 35.7. The van der Waals surface area contributed by atoms with Gasteiger partial charge >= 0.3 is 5.69 Å². The molecule has 0 aliphatic heterocycles. The molecule has 9 heteroatoms. The molecule has 2 aromatic rings. The Kier molecular flexibility index (Phi) is 7.46. The van der Waals surface area contributed by atoms with E-state index in [1.54, 1.807) is 18.2 Å². The number of carbonyl (C=O) groups is 2. The summed E-state index contributed by atoms with van der Waals surface area (Å²) in [7, 11) is 0. The fraction of sp³-hybridized carbons (Fsp3) is 0.364. The van der Waals surface area contributed by atoms with Gasteiger partial charge in [0.2, 0.25) is 0 Å². The fourth-order valence-corrected chi connectivity index (χ4v) is 3.69. The molecule has 164 valence electrons. The van der Waals surface area contributed by atoms with Gasteiger partial charge in [-0.2, -0.15) is 0 Å². The Morgan fingerprint density at radius 2 is 1.87 bits per heavy atom. The van der Waals surface area contributed by atoms with Crippen LogP contribution >= 0.6 is 11.6 Å². The first-order valence-electron chi connectivity index (χ1n) is 10.2. The van der Waals surface area contributed by atoms with Gasteiger partial charge in [0.1, 0.15) is 0 Å². The van der Waals surface area contributed by atoms with Crippen LogP contribution in [-0.2, 0) is 4.79 Å². The monoisotopic (exact) mass is 445 g/mol. The van der Waals surface area contributed by atoms with Crippen molar-refractivity contribution in [2.45, 2.75) is 51.2 Å². The zero-order chi connectivity index (χ0) is 22.4. The first-order chi connectivity index (χ1) is 14.8. The van der Waals surface area contributed by atoms with Crippen molar-refractivity contribution < 1.29 is 19.2 Å². The Labute approximate surface area is 185 Å². The number of nitro groups is 1. The van der Waals surface area contributed by atoms with Crippen LogP contribution < -0.4 is 15.4 Å². The zero-order valence-electron chi connectivity index (χ0n) is 17.1. The second-order valence-corrected chi connectivity index (χ2v) is 7.88. The number of hydrogen-bond donors (Lipinski definition) is 2. The van der Waals surface area contributed by atoms with Gasteiger partial charge in [0.25, 0.3) is 11.8 Å². The van der Waals surface area contributed by atoms with E-state index >= 15 is 0 Å². The standard InChI is InChI=1S/C22H24ClN3O5/c1-14(31-20-10-6-5-9-19(20)26(29)30)21(27)25-16-11-12-18(23)17(13-16)22(28)24-15-7-3-2-4-8-15/h5-6,9-15H,2-4,7-8H2,1H3,(H,24,28)(H,25,27). The Balaban J connectivity index is 1.66. The Bertz CT molecular complexity index is 975. The highest BCUT2D eigenvalue weighted by molar-refractivity contribution is 6.34. The number of carbonyl (C=O) groups excluding carboxylic acids is 2. The molecule has 8 nitrogen and oxygen atoms in total. The molecular weight excluding hydrogens is 422 g/mol. The summed E-state index contributed by atoms with van der Waals surface area (Å²) in [6.45, 7) is 1.48. The minimum atomic E-state index is -1.00. The first-order valence-corrected chi connectivity index (χ1v) is 10.5. The van der Waals surface area contributed by atoms with Gasteiger partial charge in [-0.05, 0) is 44.0 Å². The van der Waals surface area contributed by atoms with E-state index in [1.807, 2.05) is 0 Å². The third-order valence-electron chi connectivity index (χ3n) is 5.15. The molecule has 0 heterocycles. The number of nitrogens with zero attached hydrogens (tertiary/aromatic N) is 1. The van der Waals surface area contributed by atoms with E-state index in [1.165, 1.54) is 37.6 Å². The van der Waals surface area contributed by atoms with Crippen LogP contribution in [0.2, 0.25) is 5.02 Å². The largest absolute Gasteiger partial charge is 0.474 e. The van der Waals surface area contributed by atoms with Crippen LogP contribution in [0.25, 0.3) is 0 Å². The van der Waals surface area contributed by atoms with Crippen molar-refractivity contribution in [1.29, 1.82) is 0 Å².